The second kappa shape index (κ2) is 6.33. The molecule has 0 aliphatic rings. The molecule has 21 heavy (non-hydrogen) atoms. The molecule has 2 aromatic rings. The Morgan fingerprint density at radius 3 is 2.81 bits per heavy atom. The lowest BCUT2D eigenvalue weighted by atomic mass is 10.2. The van der Waals surface area contributed by atoms with Gasteiger partial charge < -0.3 is 14.6 Å². The number of nitrogens with zero attached hydrogens (tertiary/aromatic N) is 3. The number of methoxy groups -OCH3 is 1. The maximum absolute atomic E-state index is 10.9. The quantitative estimate of drug-likeness (QED) is 0.513. The van der Waals surface area contributed by atoms with E-state index in [1.807, 2.05) is 0 Å². The van der Waals surface area contributed by atoms with Gasteiger partial charge in [-0.2, -0.15) is 4.98 Å². The van der Waals surface area contributed by atoms with Gasteiger partial charge in [0.2, 0.25) is 5.28 Å². The Labute approximate surface area is 124 Å². The average molecular weight is 312 g/mol. The Kier molecular flexibility index (Phi) is 4.51. The first-order valence-corrected chi connectivity index (χ1v) is 6.05. The number of hydrogen-bond acceptors (Lipinski definition) is 7. The molecule has 9 heteroatoms. The molecule has 0 fully saturated rings. The van der Waals surface area contributed by atoms with Crippen LogP contribution in [0.3, 0.4) is 0 Å². The Morgan fingerprint density at radius 1 is 1.43 bits per heavy atom. The summed E-state index contributed by atoms with van der Waals surface area (Å²) in [5, 5.41) is 19.8. The Balaban J connectivity index is 2.42. The largest absolute Gasteiger partial charge is 0.493 e. The predicted molar refractivity (Wildman–Crippen MR) is 72.7 cm³/mol. The van der Waals surface area contributed by atoms with Crippen LogP contribution in [0.25, 0.3) is 0 Å². The number of nitro groups is 1. The third-order valence-corrected chi connectivity index (χ3v) is 2.70. The summed E-state index contributed by atoms with van der Waals surface area (Å²) in [6, 6.07) is 4.64. The number of halogens is 1. The van der Waals surface area contributed by atoms with Crippen molar-refractivity contribution in [3.63, 3.8) is 0 Å². The van der Waals surface area contributed by atoms with E-state index in [1.54, 1.807) is 12.1 Å². The van der Waals surface area contributed by atoms with Gasteiger partial charge >= 0.3 is 11.6 Å². The van der Waals surface area contributed by atoms with Gasteiger partial charge in [0.05, 0.1) is 18.6 Å². The molecule has 0 bridgehead atoms. The van der Waals surface area contributed by atoms with E-state index in [9.17, 15) is 10.1 Å². The lowest BCUT2D eigenvalue weighted by Crippen LogP contribution is -1.99. The van der Waals surface area contributed by atoms with Crippen molar-refractivity contribution in [2.24, 2.45) is 0 Å². The maximum Gasteiger partial charge on any atom is 0.349 e. The molecule has 0 aliphatic heterocycles. The summed E-state index contributed by atoms with van der Waals surface area (Å²) in [6.45, 7) is -0.171. The zero-order valence-corrected chi connectivity index (χ0v) is 11.6. The maximum atomic E-state index is 10.9. The highest BCUT2D eigenvalue weighted by atomic mass is 35.5. The smallest absolute Gasteiger partial charge is 0.349 e. The van der Waals surface area contributed by atoms with Crippen molar-refractivity contribution >= 4 is 17.3 Å². The van der Waals surface area contributed by atoms with Crippen LogP contribution in [-0.2, 0) is 6.61 Å². The van der Waals surface area contributed by atoms with Gasteiger partial charge in [-0.05, 0) is 29.3 Å². The van der Waals surface area contributed by atoms with E-state index in [-0.39, 0.29) is 23.5 Å². The third kappa shape index (κ3) is 3.36. The molecule has 8 nitrogen and oxygen atoms in total. The second-order valence-electron chi connectivity index (χ2n) is 3.83. The minimum absolute atomic E-state index is 0.171. The molecule has 0 aliphatic carbocycles. The highest BCUT2D eigenvalue weighted by molar-refractivity contribution is 6.28. The van der Waals surface area contributed by atoms with Crippen LogP contribution in [0.15, 0.2) is 24.4 Å². The molecule has 0 spiro atoms. The van der Waals surface area contributed by atoms with Crippen LogP contribution in [0.2, 0.25) is 5.28 Å². The van der Waals surface area contributed by atoms with Crippen molar-refractivity contribution in [2.45, 2.75) is 6.61 Å². The molecule has 1 aromatic carbocycles. The first-order chi connectivity index (χ1) is 10.0. The standard InChI is InChI=1S/C12H10ClN3O5/c1-20-10-4-7(6-17)2-3-9(10)21-11-8(16(18)19)5-14-12(13)15-11/h2-5,17H,6H2,1H3. The molecule has 1 heterocycles. The first-order valence-electron chi connectivity index (χ1n) is 5.67. The number of benzene rings is 1. The molecule has 0 saturated carbocycles. The number of hydrogen-bond donors (Lipinski definition) is 1. The van der Waals surface area contributed by atoms with Gasteiger partial charge in [0.1, 0.15) is 6.20 Å². The first kappa shape index (κ1) is 14.9. The molecule has 0 amide bonds. The van der Waals surface area contributed by atoms with Gasteiger partial charge in [0.15, 0.2) is 11.5 Å². The van der Waals surface area contributed by atoms with Crippen molar-refractivity contribution in [1.29, 1.82) is 0 Å². The van der Waals surface area contributed by atoms with E-state index in [4.69, 9.17) is 26.2 Å². The minimum Gasteiger partial charge on any atom is -0.493 e. The zero-order valence-electron chi connectivity index (χ0n) is 10.8. The lowest BCUT2D eigenvalue weighted by molar-refractivity contribution is -0.386. The number of aliphatic hydroxyl groups excluding tert-OH is 1. The van der Waals surface area contributed by atoms with Gasteiger partial charge in [-0.1, -0.05) is 6.07 Å². The van der Waals surface area contributed by atoms with Crippen LogP contribution in [0.5, 0.6) is 17.4 Å². The summed E-state index contributed by atoms with van der Waals surface area (Å²) in [5.41, 5.74) is 0.183. The Morgan fingerprint density at radius 2 is 2.19 bits per heavy atom. The van der Waals surface area contributed by atoms with Gasteiger partial charge in [-0.3, -0.25) is 10.1 Å². The topological polar surface area (TPSA) is 108 Å². The Hall–Kier alpha value is -2.45. The fraction of sp³-hybridized carbons (Fsp3) is 0.167. The fourth-order valence-corrected chi connectivity index (χ4v) is 1.66. The summed E-state index contributed by atoms with van der Waals surface area (Å²) in [7, 11) is 1.41. The zero-order chi connectivity index (χ0) is 15.4. The Bertz CT molecular complexity index is 680. The van der Waals surface area contributed by atoms with Crippen LogP contribution in [0.4, 0.5) is 5.69 Å². The van der Waals surface area contributed by atoms with E-state index < -0.39 is 10.6 Å². The van der Waals surface area contributed by atoms with Crippen molar-refractivity contribution < 1.29 is 19.5 Å². The summed E-state index contributed by atoms with van der Waals surface area (Å²) in [6.07, 6.45) is 0.958. The van der Waals surface area contributed by atoms with Gasteiger partial charge in [0, 0.05) is 0 Å². The minimum atomic E-state index is -0.680. The molecule has 2 rings (SSSR count). The van der Waals surface area contributed by atoms with Crippen LogP contribution in [0, 0.1) is 10.1 Å². The van der Waals surface area contributed by atoms with Crippen molar-refractivity contribution in [2.75, 3.05) is 7.11 Å². The second-order valence-corrected chi connectivity index (χ2v) is 4.17. The molecular weight excluding hydrogens is 302 g/mol. The van der Waals surface area contributed by atoms with Crippen LogP contribution < -0.4 is 9.47 Å². The molecule has 0 radical (unpaired) electrons. The summed E-state index contributed by atoms with van der Waals surface area (Å²) < 4.78 is 10.5. The van der Waals surface area contributed by atoms with E-state index in [0.29, 0.717) is 11.3 Å². The lowest BCUT2D eigenvalue weighted by Gasteiger charge is -2.10. The highest BCUT2D eigenvalue weighted by Crippen LogP contribution is 2.35. The van der Waals surface area contributed by atoms with Crippen LogP contribution in [0.1, 0.15) is 5.56 Å². The van der Waals surface area contributed by atoms with Gasteiger partial charge in [-0.15, -0.1) is 0 Å². The normalized spacial score (nSPS) is 10.2. The highest BCUT2D eigenvalue weighted by Gasteiger charge is 2.20. The van der Waals surface area contributed by atoms with E-state index in [2.05, 4.69) is 9.97 Å². The number of rotatable bonds is 5. The SMILES string of the molecule is COc1cc(CO)ccc1Oc1nc(Cl)ncc1[N+](=O)[O-]. The third-order valence-electron chi connectivity index (χ3n) is 2.52. The van der Waals surface area contributed by atoms with Crippen molar-refractivity contribution in [1.82, 2.24) is 9.97 Å². The van der Waals surface area contributed by atoms with E-state index >= 15 is 0 Å². The summed E-state index contributed by atoms with van der Waals surface area (Å²) >= 11 is 5.62. The molecule has 1 aromatic heterocycles. The number of aliphatic hydroxyl groups is 1. The van der Waals surface area contributed by atoms with Crippen molar-refractivity contribution in [3.05, 3.63) is 45.4 Å². The average Bonchev–Trinajstić information content (AvgIpc) is 2.47. The molecule has 0 unspecified atom stereocenters. The van der Waals surface area contributed by atoms with E-state index in [1.165, 1.54) is 13.2 Å². The van der Waals surface area contributed by atoms with Crippen LogP contribution >= 0.6 is 11.6 Å². The summed E-state index contributed by atoms with van der Waals surface area (Å²) in [5.74, 6) is 0.202. The summed E-state index contributed by atoms with van der Waals surface area (Å²) in [4.78, 5) is 17.5. The molecule has 0 atom stereocenters. The molecule has 1 N–H and O–H groups in total. The van der Waals surface area contributed by atoms with E-state index in [0.717, 1.165) is 6.20 Å². The van der Waals surface area contributed by atoms with Gasteiger partial charge in [0.25, 0.3) is 0 Å². The van der Waals surface area contributed by atoms with Gasteiger partial charge in [-0.25, -0.2) is 4.98 Å². The predicted octanol–water partition coefficient (Wildman–Crippen LogP) is 2.33. The monoisotopic (exact) mass is 311 g/mol. The van der Waals surface area contributed by atoms with Crippen molar-refractivity contribution in [3.8, 4) is 17.4 Å². The molecule has 110 valence electrons. The fourth-order valence-electron chi connectivity index (χ4n) is 1.54. The van der Waals surface area contributed by atoms with Crippen LogP contribution in [-0.4, -0.2) is 27.1 Å². The molecule has 0 saturated heterocycles. The number of ether oxygens (including phenoxy) is 2. The number of aromatic nitrogens is 2. The molecular formula is C12H10ClN3O5.